The van der Waals surface area contributed by atoms with Crippen LogP contribution in [0.15, 0.2) is 47.1 Å². The van der Waals surface area contributed by atoms with E-state index >= 15 is 0 Å². The van der Waals surface area contributed by atoms with Gasteiger partial charge in [-0.2, -0.15) is 0 Å². The molecule has 0 unspecified atom stereocenters. The Labute approximate surface area is 137 Å². The SMILES string of the molecule is CCn1cc(Br)cc1C(=O)N(CC(=O)O)Cc1ccccc1. The molecule has 0 atom stereocenters. The van der Waals surface area contributed by atoms with Crippen molar-refractivity contribution in [2.45, 2.75) is 20.0 Å². The first kappa shape index (κ1) is 16.3. The molecule has 0 saturated carbocycles. The van der Waals surface area contributed by atoms with Crippen LogP contribution in [0.3, 0.4) is 0 Å². The summed E-state index contributed by atoms with van der Waals surface area (Å²) in [5, 5.41) is 9.08. The Morgan fingerprint density at radius 1 is 1.27 bits per heavy atom. The van der Waals surface area contributed by atoms with Crippen molar-refractivity contribution in [3.05, 3.63) is 58.3 Å². The average Bonchev–Trinajstić information content (AvgIpc) is 2.87. The summed E-state index contributed by atoms with van der Waals surface area (Å²) in [6, 6.07) is 11.1. The maximum Gasteiger partial charge on any atom is 0.323 e. The lowest BCUT2D eigenvalue weighted by Crippen LogP contribution is -2.36. The average molecular weight is 365 g/mol. The first-order valence-corrected chi connectivity index (χ1v) is 7.71. The van der Waals surface area contributed by atoms with E-state index in [1.807, 2.05) is 43.5 Å². The van der Waals surface area contributed by atoms with Gasteiger partial charge in [0.1, 0.15) is 12.2 Å². The van der Waals surface area contributed by atoms with Crippen molar-refractivity contribution in [1.82, 2.24) is 9.47 Å². The molecule has 0 spiro atoms. The molecular formula is C16H17BrN2O3. The zero-order valence-corrected chi connectivity index (χ0v) is 13.8. The molecule has 0 aliphatic rings. The lowest BCUT2D eigenvalue weighted by Gasteiger charge is -2.21. The highest BCUT2D eigenvalue weighted by Gasteiger charge is 2.22. The first-order valence-electron chi connectivity index (χ1n) is 6.92. The fraction of sp³-hybridized carbons (Fsp3) is 0.250. The van der Waals surface area contributed by atoms with Gasteiger partial charge in [-0.15, -0.1) is 0 Å². The van der Waals surface area contributed by atoms with Crippen LogP contribution in [0, 0.1) is 0 Å². The number of hydrogen-bond acceptors (Lipinski definition) is 2. The maximum atomic E-state index is 12.7. The van der Waals surface area contributed by atoms with Gasteiger partial charge in [0.15, 0.2) is 0 Å². The topological polar surface area (TPSA) is 62.5 Å². The van der Waals surface area contributed by atoms with E-state index in [1.165, 1.54) is 4.90 Å². The van der Waals surface area contributed by atoms with Gasteiger partial charge in [-0.25, -0.2) is 0 Å². The van der Waals surface area contributed by atoms with E-state index in [9.17, 15) is 9.59 Å². The monoisotopic (exact) mass is 364 g/mol. The molecule has 1 aromatic heterocycles. The van der Waals surface area contributed by atoms with Crippen LogP contribution in [0.25, 0.3) is 0 Å². The van der Waals surface area contributed by atoms with Crippen LogP contribution in [0.1, 0.15) is 23.0 Å². The van der Waals surface area contributed by atoms with Crippen LogP contribution in [0.4, 0.5) is 0 Å². The number of rotatable bonds is 6. The molecule has 0 fully saturated rings. The third-order valence-electron chi connectivity index (χ3n) is 3.25. The van der Waals surface area contributed by atoms with Crippen molar-refractivity contribution in [2.24, 2.45) is 0 Å². The number of aliphatic carboxylic acids is 1. The fourth-order valence-electron chi connectivity index (χ4n) is 2.24. The molecule has 116 valence electrons. The molecular weight excluding hydrogens is 348 g/mol. The van der Waals surface area contributed by atoms with Crippen LogP contribution in [-0.2, 0) is 17.9 Å². The molecule has 1 heterocycles. The summed E-state index contributed by atoms with van der Waals surface area (Å²) in [6.45, 7) is 2.50. The number of halogens is 1. The molecule has 5 nitrogen and oxygen atoms in total. The third kappa shape index (κ3) is 3.98. The van der Waals surface area contributed by atoms with Crippen molar-refractivity contribution in [1.29, 1.82) is 0 Å². The molecule has 0 aliphatic carbocycles. The van der Waals surface area contributed by atoms with Crippen molar-refractivity contribution >= 4 is 27.8 Å². The summed E-state index contributed by atoms with van der Waals surface area (Å²) in [7, 11) is 0. The molecule has 0 bridgehead atoms. The summed E-state index contributed by atoms with van der Waals surface area (Å²) in [4.78, 5) is 25.1. The Balaban J connectivity index is 2.28. The Kier molecular flexibility index (Phi) is 5.38. The van der Waals surface area contributed by atoms with Crippen molar-refractivity contribution < 1.29 is 14.7 Å². The van der Waals surface area contributed by atoms with Gasteiger partial charge in [-0.3, -0.25) is 9.59 Å². The summed E-state index contributed by atoms with van der Waals surface area (Å²) in [5.74, 6) is -1.32. The second kappa shape index (κ2) is 7.26. The molecule has 2 rings (SSSR count). The standard InChI is InChI=1S/C16H17BrN2O3/c1-2-18-10-13(17)8-14(18)16(22)19(11-15(20)21)9-12-6-4-3-5-7-12/h3-8,10H,2,9,11H2,1H3,(H,20,21). The van der Waals surface area contributed by atoms with Crippen LogP contribution in [-0.4, -0.2) is 33.0 Å². The highest BCUT2D eigenvalue weighted by atomic mass is 79.9. The molecule has 0 aliphatic heterocycles. The molecule has 1 aromatic carbocycles. The van der Waals surface area contributed by atoms with Gasteiger partial charge < -0.3 is 14.6 Å². The zero-order chi connectivity index (χ0) is 16.1. The number of nitrogens with zero attached hydrogens (tertiary/aromatic N) is 2. The number of aromatic nitrogens is 1. The van der Waals surface area contributed by atoms with E-state index in [-0.39, 0.29) is 19.0 Å². The number of hydrogen-bond donors (Lipinski definition) is 1. The van der Waals surface area contributed by atoms with Crippen molar-refractivity contribution in [3.63, 3.8) is 0 Å². The molecule has 2 aromatic rings. The number of aryl methyl sites for hydroxylation is 1. The minimum atomic E-state index is -1.03. The smallest absolute Gasteiger partial charge is 0.323 e. The largest absolute Gasteiger partial charge is 0.480 e. The van der Waals surface area contributed by atoms with Crippen LogP contribution in [0.5, 0.6) is 0 Å². The lowest BCUT2D eigenvalue weighted by atomic mass is 10.2. The normalized spacial score (nSPS) is 10.5. The second-order valence-corrected chi connectivity index (χ2v) is 5.79. The lowest BCUT2D eigenvalue weighted by molar-refractivity contribution is -0.137. The van der Waals surface area contributed by atoms with Crippen molar-refractivity contribution in [2.75, 3.05) is 6.54 Å². The summed E-state index contributed by atoms with van der Waals surface area (Å²) >= 11 is 3.35. The van der Waals surface area contributed by atoms with E-state index in [2.05, 4.69) is 15.9 Å². The molecule has 1 amide bonds. The Morgan fingerprint density at radius 3 is 2.55 bits per heavy atom. The van der Waals surface area contributed by atoms with Gasteiger partial charge in [0.05, 0.1) is 0 Å². The van der Waals surface area contributed by atoms with Gasteiger partial charge in [0, 0.05) is 23.8 Å². The zero-order valence-electron chi connectivity index (χ0n) is 12.2. The quantitative estimate of drug-likeness (QED) is 0.856. The second-order valence-electron chi connectivity index (χ2n) is 4.87. The van der Waals surface area contributed by atoms with E-state index < -0.39 is 5.97 Å². The molecule has 0 radical (unpaired) electrons. The summed E-state index contributed by atoms with van der Waals surface area (Å²) in [5.41, 5.74) is 1.37. The number of carboxylic acid groups (broad SMARTS) is 1. The van der Waals surface area contributed by atoms with Gasteiger partial charge in [-0.1, -0.05) is 30.3 Å². The highest BCUT2D eigenvalue weighted by Crippen LogP contribution is 2.18. The minimum absolute atomic E-state index is 0.262. The van der Waals surface area contributed by atoms with Gasteiger partial charge >= 0.3 is 5.97 Å². The molecule has 1 N–H and O–H groups in total. The molecule has 0 saturated heterocycles. The first-order chi connectivity index (χ1) is 10.5. The molecule has 6 heteroatoms. The number of carboxylic acids is 1. The fourth-order valence-corrected chi connectivity index (χ4v) is 2.71. The number of carbonyl (C=O) groups is 2. The Hall–Kier alpha value is -2.08. The summed E-state index contributed by atoms with van der Waals surface area (Å²) in [6.07, 6.45) is 1.81. The van der Waals surface area contributed by atoms with E-state index in [0.717, 1.165) is 10.0 Å². The number of benzene rings is 1. The molecule has 22 heavy (non-hydrogen) atoms. The maximum absolute atomic E-state index is 12.7. The predicted octanol–water partition coefficient (Wildman–Crippen LogP) is 3.00. The highest BCUT2D eigenvalue weighted by molar-refractivity contribution is 9.10. The Morgan fingerprint density at radius 2 is 1.95 bits per heavy atom. The minimum Gasteiger partial charge on any atom is -0.480 e. The predicted molar refractivity (Wildman–Crippen MR) is 86.6 cm³/mol. The number of amides is 1. The van der Waals surface area contributed by atoms with Crippen LogP contribution >= 0.6 is 15.9 Å². The van der Waals surface area contributed by atoms with E-state index in [1.54, 1.807) is 10.6 Å². The van der Waals surface area contributed by atoms with Crippen molar-refractivity contribution in [3.8, 4) is 0 Å². The number of carbonyl (C=O) groups excluding carboxylic acids is 1. The van der Waals surface area contributed by atoms with Gasteiger partial charge in [0.25, 0.3) is 5.91 Å². The Bertz CT molecular complexity index is 667. The van der Waals surface area contributed by atoms with E-state index in [4.69, 9.17) is 5.11 Å². The van der Waals surface area contributed by atoms with Crippen LogP contribution in [0.2, 0.25) is 0 Å². The van der Waals surface area contributed by atoms with Gasteiger partial charge in [-0.05, 0) is 34.5 Å². The van der Waals surface area contributed by atoms with Gasteiger partial charge in [0.2, 0.25) is 0 Å². The van der Waals surface area contributed by atoms with E-state index in [0.29, 0.717) is 12.2 Å². The third-order valence-corrected chi connectivity index (χ3v) is 3.69. The summed E-state index contributed by atoms with van der Waals surface area (Å²) < 4.78 is 2.60. The van der Waals surface area contributed by atoms with Crippen LogP contribution < -0.4 is 0 Å².